The number of nitrogens with two attached hydrogens (primary N) is 1. The van der Waals surface area contributed by atoms with Crippen LogP contribution in [0.4, 0.5) is 0 Å². The van der Waals surface area contributed by atoms with Crippen LogP contribution in [0, 0.1) is 0 Å². The first-order chi connectivity index (χ1) is 5.02. The van der Waals surface area contributed by atoms with E-state index < -0.39 is 15.8 Å². The summed E-state index contributed by atoms with van der Waals surface area (Å²) in [6.07, 6.45) is 0. The number of hydrogen-bond donors (Lipinski definition) is 1. The average molecular weight is 172 g/mol. The van der Waals surface area contributed by atoms with E-state index in [0.29, 0.717) is 0 Å². The van der Waals surface area contributed by atoms with Gasteiger partial charge in [-0.2, -0.15) is 0 Å². The first-order valence-corrected chi connectivity index (χ1v) is 4.35. The second-order valence-electron chi connectivity index (χ2n) is 1.99. The van der Waals surface area contributed by atoms with Crippen LogP contribution in [-0.2, 0) is 15.1 Å². The van der Waals surface area contributed by atoms with Gasteiger partial charge in [-0.1, -0.05) is 12.1 Å². The topological polar surface area (TPSA) is 80.1 Å². The molecule has 0 aliphatic rings. The zero-order valence-electron chi connectivity index (χ0n) is 5.52. The lowest BCUT2D eigenvalue weighted by Gasteiger charge is -1.96. The Labute approximate surface area is 64.3 Å². The van der Waals surface area contributed by atoms with Crippen LogP contribution in [0.25, 0.3) is 0 Å². The summed E-state index contributed by atoms with van der Waals surface area (Å²) in [4.78, 5) is -0.361. The van der Waals surface area contributed by atoms with Crippen molar-refractivity contribution in [1.82, 2.24) is 0 Å². The van der Waals surface area contributed by atoms with Crippen LogP contribution in [0.3, 0.4) is 0 Å². The van der Waals surface area contributed by atoms with Gasteiger partial charge in [0.2, 0.25) is 10.0 Å². The maximum atomic E-state index is 10.8. The van der Waals surface area contributed by atoms with E-state index in [1.54, 1.807) is 0 Å². The summed E-state index contributed by atoms with van der Waals surface area (Å²) >= 11 is 0. The smallest absolute Gasteiger partial charge is 0.241 e. The molecule has 1 rings (SSSR count). The third kappa shape index (κ3) is 1.69. The summed E-state index contributed by atoms with van der Waals surface area (Å²) in [6.45, 7) is 0. The van der Waals surface area contributed by atoms with E-state index >= 15 is 0 Å². The molecule has 59 valence electrons. The second kappa shape index (κ2) is 2.52. The third-order valence-electron chi connectivity index (χ3n) is 1.16. The molecule has 11 heavy (non-hydrogen) atoms. The van der Waals surface area contributed by atoms with Crippen LogP contribution in [-0.4, -0.2) is 8.42 Å². The highest BCUT2D eigenvalue weighted by molar-refractivity contribution is 7.89. The summed E-state index contributed by atoms with van der Waals surface area (Å²) in [5, 5.41) is 15.5. The Morgan fingerprint density at radius 1 is 1.18 bits per heavy atom. The molecule has 1 radical (unpaired) electrons. The molecule has 5 heteroatoms. The van der Waals surface area contributed by atoms with Crippen molar-refractivity contribution in [2.45, 2.75) is 4.90 Å². The maximum absolute atomic E-state index is 10.8. The fraction of sp³-hybridized carbons (Fsp3) is 0. The molecule has 0 saturated carbocycles. The molecular weight excluding hydrogens is 166 g/mol. The standard InChI is InChI=1S/C6H6NO3S/c7-11(9,10)6-4-2-1-3-5(6)8/h1-4H,(H2,7,9,10). The van der Waals surface area contributed by atoms with Crippen molar-refractivity contribution in [2.75, 3.05) is 0 Å². The third-order valence-corrected chi connectivity index (χ3v) is 2.11. The Hall–Kier alpha value is -1.07. The predicted octanol–water partition coefficient (Wildman–Crippen LogP) is 0.478. The molecule has 0 amide bonds. The van der Waals surface area contributed by atoms with Gasteiger partial charge in [0, 0.05) is 0 Å². The molecule has 1 aromatic carbocycles. The molecule has 2 N–H and O–H groups in total. The maximum Gasteiger partial charge on any atom is 0.241 e. The highest BCUT2D eigenvalue weighted by Crippen LogP contribution is 2.19. The number of benzene rings is 1. The fourth-order valence-corrected chi connectivity index (χ4v) is 1.30. The summed E-state index contributed by atoms with van der Waals surface area (Å²) in [7, 11) is -3.85. The van der Waals surface area contributed by atoms with E-state index in [1.807, 2.05) is 0 Å². The molecule has 0 aliphatic carbocycles. The number of primary sulfonamides is 1. The Bertz CT molecular complexity index is 358. The molecule has 0 atom stereocenters. The van der Waals surface area contributed by atoms with Gasteiger partial charge in [0.25, 0.3) is 0 Å². The molecule has 0 aliphatic heterocycles. The lowest BCUT2D eigenvalue weighted by atomic mass is 10.3. The normalized spacial score (nSPS) is 11.4. The summed E-state index contributed by atoms with van der Waals surface area (Å²) in [5.41, 5.74) is 0. The summed E-state index contributed by atoms with van der Waals surface area (Å²) < 4.78 is 21.3. The van der Waals surface area contributed by atoms with Crippen LogP contribution in [0.1, 0.15) is 0 Å². The van der Waals surface area contributed by atoms with Gasteiger partial charge in [0.1, 0.15) is 4.90 Å². The molecular formula is C6H6NO3S. The zero-order valence-corrected chi connectivity index (χ0v) is 6.34. The van der Waals surface area contributed by atoms with Gasteiger partial charge in [0.15, 0.2) is 5.75 Å². The molecule has 0 aromatic heterocycles. The van der Waals surface area contributed by atoms with E-state index in [1.165, 1.54) is 18.2 Å². The van der Waals surface area contributed by atoms with Crippen molar-refractivity contribution in [3.05, 3.63) is 24.3 Å². The fourth-order valence-electron chi connectivity index (χ4n) is 0.685. The molecule has 0 spiro atoms. The minimum Gasteiger partial charge on any atom is -0.288 e. The van der Waals surface area contributed by atoms with Gasteiger partial charge in [-0.25, -0.2) is 13.6 Å². The monoisotopic (exact) mass is 172 g/mol. The second-order valence-corrected chi connectivity index (χ2v) is 3.52. The van der Waals surface area contributed by atoms with Crippen LogP contribution < -0.4 is 5.14 Å². The minimum atomic E-state index is -3.85. The lowest BCUT2D eigenvalue weighted by molar-refractivity contribution is 0.343. The molecule has 4 nitrogen and oxygen atoms in total. The number of sulfonamides is 1. The molecule has 0 saturated heterocycles. The molecule has 0 unspecified atom stereocenters. The van der Waals surface area contributed by atoms with Gasteiger partial charge in [0.05, 0.1) is 0 Å². The molecule has 1 aromatic rings. The first kappa shape index (κ1) is 8.03. The van der Waals surface area contributed by atoms with Gasteiger partial charge in [-0.05, 0) is 12.1 Å². The molecule has 0 fully saturated rings. The highest BCUT2D eigenvalue weighted by atomic mass is 32.2. The summed E-state index contributed by atoms with van der Waals surface area (Å²) in [6, 6.07) is 5.23. The van der Waals surface area contributed by atoms with Crippen LogP contribution >= 0.6 is 0 Å². The number of para-hydroxylation sites is 1. The lowest BCUT2D eigenvalue weighted by Crippen LogP contribution is -2.11. The van der Waals surface area contributed by atoms with Crippen molar-refractivity contribution >= 4 is 10.0 Å². The molecule has 0 bridgehead atoms. The molecule has 0 heterocycles. The quantitative estimate of drug-likeness (QED) is 0.668. The van der Waals surface area contributed by atoms with Gasteiger partial charge in [-0.15, -0.1) is 0 Å². The summed E-state index contributed by atoms with van der Waals surface area (Å²) in [5.74, 6) is -0.574. The van der Waals surface area contributed by atoms with E-state index in [2.05, 4.69) is 0 Å². The Morgan fingerprint density at radius 3 is 2.09 bits per heavy atom. The Kier molecular flexibility index (Phi) is 1.84. The van der Waals surface area contributed by atoms with Crippen molar-refractivity contribution in [3.8, 4) is 5.75 Å². The van der Waals surface area contributed by atoms with Crippen LogP contribution in [0.5, 0.6) is 5.75 Å². The Morgan fingerprint density at radius 2 is 1.73 bits per heavy atom. The largest absolute Gasteiger partial charge is 0.288 e. The van der Waals surface area contributed by atoms with Crippen molar-refractivity contribution < 1.29 is 13.5 Å². The van der Waals surface area contributed by atoms with E-state index in [-0.39, 0.29) is 4.90 Å². The number of hydrogen-bond acceptors (Lipinski definition) is 2. The van der Waals surface area contributed by atoms with Crippen molar-refractivity contribution in [3.63, 3.8) is 0 Å². The first-order valence-electron chi connectivity index (χ1n) is 2.80. The Balaban J connectivity index is 3.37. The van der Waals surface area contributed by atoms with Crippen molar-refractivity contribution in [2.24, 2.45) is 5.14 Å². The minimum absolute atomic E-state index is 0.361. The number of rotatable bonds is 1. The van der Waals surface area contributed by atoms with Gasteiger partial charge < -0.3 is 0 Å². The highest BCUT2D eigenvalue weighted by Gasteiger charge is 2.12. The van der Waals surface area contributed by atoms with Gasteiger partial charge in [-0.3, -0.25) is 5.11 Å². The van der Waals surface area contributed by atoms with Gasteiger partial charge >= 0.3 is 0 Å². The van der Waals surface area contributed by atoms with E-state index in [0.717, 1.165) is 6.07 Å². The van der Waals surface area contributed by atoms with Crippen molar-refractivity contribution in [1.29, 1.82) is 0 Å². The van der Waals surface area contributed by atoms with E-state index in [9.17, 15) is 13.5 Å². The SMILES string of the molecule is NS(=O)(=O)c1ccccc1[O]. The van der Waals surface area contributed by atoms with E-state index in [4.69, 9.17) is 5.14 Å². The zero-order chi connectivity index (χ0) is 8.48. The van der Waals surface area contributed by atoms with Crippen LogP contribution in [0.15, 0.2) is 29.2 Å². The van der Waals surface area contributed by atoms with Crippen LogP contribution in [0.2, 0.25) is 0 Å². The average Bonchev–Trinajstić information content (AvgIpc) is 1.86. The predicted molar refractivity (Wildman–Crippen MR) is 37.9 cm³/mol.